The van der Waals surface area contributed by atoms with Crippen LogP contribution in [0.3, 0.4) is 0 Å². The fourth-order valence-corrected chi connectivity index (χ4v) is 2.78. The number of hydrogen-bond acceptors (Lipinski definition) is 3. The molecular weight excluding hydrogens is 336 g/mol. The third-order valence-electron chi connectivity index (χ3n) is 4.38. The van der Waals surface area contributed by atoms with Gasteiger partial charge in [0, 0.05) is 17.3 Å². The molecule has 5 nitrogen and oxygen atoms in total. The van der Waals surface area contributed by atoms with Crippen molar-refractivity contribution in [3.63, 3.8) is 0 Å². The summed E-state index contributed by atoms with van der Waals surface area (Å²) in [7, 11) is 0. The van der Waals surface area contributed by atoms with E-state index in [2.05, 4.69) is 37.3 Å². The highest BCUT2D eigenvalue weighted by molar-refractivity contribution is 6.03. The summed E-state index contributed by atoms with van der Waals surface area (Å²) >= 11 is 0. The molecule has 0 saturated heterocycles. The summed E-state index contributed by atoms with van der Waals surface area (Å²) in [4.78, 5) is 12.5. The predicted octanol–water partition coefficient (Wildman–Crippen LogP) is 4.60. The van der Waals surface area contributed by atoms with Crippen molar-refractivity contribution in [3.05, 3.63) is 77.0 Å². The summed E-state index contributed by atoms with van der Waals surface area (Å²) in [5, 5.41) is 16.2. The number of rotatable bonds is 3. The Labute approximate surface area is 159 Å². The van der Waals surface area contributed by atoms with Gasteiger partial charge in [-0.1, -0.05) is 32.9 Å². The van der Waals surface area contributed by atoms with E-state index in [1.165, 1.54) is 5.56 Å². The largest absolute Gasteiger partial charge is 0.305 e. The lowest BCUT2D eigenvalue weighted by Gasteiger charge is -2.18. The van der Waals surface area contributed by atoms with Crippen molar-refractivity contribution in [2.45, 2.75) is 33.1 Å². The second-order valence-electron chi connectivity index (χ2n) is 7.52. The number of benzene rings is 2. The van der Waals surface area contributed by atoms with E-state index in [9.17, 15) is 4.79 Å². The van der Waals surface area contributed by atoms with Gasteiger partial charge in [-0.15, -0.1) is 5.10 Å². The van der Waals surface area contributed by atoms with Gasteiger partial charge in [0.1, 0.15) is 0 Å². The maximum atomic E-state index is 12.5. The zero-order valence-electron chi connectivity index (χ0n) is 15.9. The first kappa shape index (κ1) is 18.4. The predicted molar refractivity (Wildman–Crippen MR) is 106 cm³/mol. The number of amides is 1. The third-order valence-corrected chi connectivity index (χ3v) is 4.38. The molecule has 0 aliphatic carbocycles. The first-order chi connectivity index (χ1) is 12.8. The van der Waals surface area contributed by atoms with Gasteiger partial charge in [0.15, 0.2) is 5.82 Å². The fourth-order valence-electron chi connectivity index (χ4n) is 2.78. The Bertz CT molecular complexity index is 1000. The van der Waals surface area contributed by atoms with Gasteiger partial charge >= 0.3 is 0 Å². The van der Waals surface area contributed by atoms with Crippen LogP contribution in [0.15, 0.2) is 54.6 Å². The number of nitrogens with zero attached hydrogens (tertiary/aromatic N) is 3. The first-order valence-corrected chi connectivity index (χ1v) is 8.77. The van der Waals surface area contributed by atoms with Crippen molar-refractivity contribution in [1.29, 1.82) is 5.26 Å². The van der Waals surface area contributed by atoms with E-state index in [1.54, 1.807) is 16.8 Å². The summed E-state index contributed by atoms with van der Waals surface area (Å²) in [5.74, 6) is 0.293. The number of hydrogen-bond donors (Lipinski definition) is 1. The van der Waals surface area contributed by atoms with Crippen LogP contribution in [0.1, 0.15) is 48.0 Å². The van der Waals surface area contributed by atoms with Crippen LogP contribution in [-0.2, 0) is 5.41 Å². The minimum absolute atomic E-state index is 0.0476. The Morgan fingerprint density at radius 2 is 1.70 bits per heavy atom. The molecule has 3 aromatic rings. The van der Waals surface area contributed by atoms with E-state index >= 15 is 0 Å². The van der Waals surface area contributed by atoms with Crippen LogP contribution < -0.4 is 5.32 Å². The van der Waals surface area contributed by atoms with Crippen LogP contribution in [0.5, 0.6) is 0 Å². The van der Waals surface area contributed by atoms with E-state index in [0.29, 0.717) is 16.9 Å². The van der Waals surface area contributed by atoms with Crippen molar-refractivity contribution in [1.82, 2.24) is 9.78 Å². The molecule has 0 radical (unpaired) electrons. The fraction of sp³-hybridized carbons (Fsp3) is 0.227. The van der Waals surface area contributed by atoms with Gasteiger partial charge in [0.05, 0.1) is 17.3 Å². The molecule has 27 heavy (non-hydrogen) atoms. The molecule has 0 unspecified atom stereocenters. The number of nitrogens with one attached hydrogen (secondary N) is 1. The molecule has 0 bridgehead atoms. The molecule has 136 valence electrons. The lowest BCUT2D eigenvalue weighted by atomic mass is 9.87. The van der Waals surface area contributed by atoms with Crippen molar-refractivity contribution in [2.24, 2.45) is 0 Å². The Balaban J connectivity index is 1.78. The average Bonchev–Trinajstić information content (AvgIpc) is 3.01. The van der Waals surface area contributed by atoms with E-state index in [-0.39, 0.29) is 11.3 Å². The highest BCUT2D eigenvalue weighted by atomic mass is 16.1. The number of aromatic nitrogens is 2. The van der Waals surface area contributed by atoms with Crippen LogP contribution in [0.4, 0.5) is 5.82 Å². The molecular formula is C22H22N4O. The summed E-state index contributed by atoms with van der Waals surface area (Å²) in [6.45, 7) is 8.33. The number of aryl methyl sites for hydroxylation is 1. The van der Waals surface area contributed by atoms with Crippen LogP contribution >= 0.6 is 0 Å². The lowest BCUT2D eigenvalue weighted by molar-refractivity contribution is 0.102. The van der Waals surface area contributed by atoms with Crippen molar-refractivity contribution < 1.29 is 4.79 Å². The second-order valence-corrected chi connectivity index (χ2v) is 7.52. The highest BCUT2D eigenvalue weighted by Crippen LogP contribution is 2.22. The van der Waals surface area contributed by atoms with Crippen LogP contribution in [0.2, 0.25) is 0 Å². The molecule has 1 amide bonds. The summed E-state index contributed by atoms with van der Waals surface area (Å²) in [5.41, 5.74) is 4.13. The van der Waals surface area contributed by atoms with E-state index < -0.39 is 0 Å². The Morgan fingerprint density at radius 3 is 2.26 bits per heavy atom. The summed E-state index contributed by atoms with van der Waals surface area (Å²) in [6, 6.07) is 18.7. The van der Waals surface area contributed by atoms with Crippen molar-refractivity contribution in [2.75, 3.05) is 5.32 Å². The van der Waals surface area contributed by atoms with Gasteiger partial charge in [-0.25, -0.2) is 4.68 Å². The molecule has 0 atom stereocenters. The molecule has 5 heteroatoms. The van der Waals surface area contributed by atoms with Crippen molar-refractivity contribution >= 4 is 11.7 Å². The van der Waals surface area contributed by atoms with Gasteiger partial charge in [0.2, 0.25) is 0 Å². The average molecular weight is 358 g/mol. The van der Waals surface area contributed by atoms with Gasteiger partial charge in [-0.3, -0.25) is 4.79 Å². The van der Waals surface area contributed by atoms with E-state index in [0.717, 1.165) is 11.4 Å². The quantitative estimate of drug-likeness (QED) is 0.744. The number of nitriles is 1. The van der Waals surface area contributed by atoms with Gasteiger partial charge in [-0.05, 0) is 54.3 Å². The number of carbonyl (C=O) groups is 1. The van der Waals surface area contributed by atoms with Crippen LogP contribution in [0.25, 0.3) is 5.69 Å². The Kier molecular flexibility index (Phi) is 4.83. The number of carbonyl (C=O) groups excluding carboxylic acids is 1. The molecule has 0 aliphatic heterocycles. The Hall–Kier alpha value is -3.39. The Morgan fingerprint density at radius 1 is 1.07 bits per heavy atom. The SMILES string of the molecule is Cc1cc(NC(=O)c2ccc(C(C)(C)C)cc2)nn1-c1ccc(C#N)cc1. The minimum atomic E-state index is -0.195. The minimum Gasteiger partial charge on any atom is -0.305 e. The van der Waals surface area contributed by atoms with Crippen LogP contribution in [0, 0.1) is 18.3 Å². The molecule has 3 rings (SSSR count). The molecule has 1 aromatic heterocycles. The maximum absolute atomic E-state index is 12.5. The van der Waals surface area contributed by atoms with Crippen molar-refractivity contribution in [3.8, 4) is 11.8 Å². The molecule has 0 aliphatic rings. The molecule has 1 N–H and O–H groups in total. The summed E-state index contributed by atoms with van der Waals surface area (Å²) < 4.78 is 1.74. The van der Waals surface area contributed by atoms with Crippen LogP contribution in [-0.4, -0.2) is 15.7 Å². The second kappa shape index (κ2) is 7.08. The maximum Gasteiger partial charge on any atom is 0.256 e. The third kappa shape index (κ3) is 4.06. The summed E-state index contributed by atoms with van der Waals surface area (Å²) in [6.07, 6.45) is 0. The van der Waals surface area contributed by atoms with Gasteiger partial charge in [-0.2, -0.15) is 5.26 Å². The van der Waals surface area contributed by atoms with E-state index in [4.69, 9.17) is 5.26 Å². The van der Waals surface area contributed by atoms with Gasteiger partial charge < -0.3 is 5.32 Å². The monoisotopic (exact) mass is 358 g/mol. The molecule has 1 heterocycles. The molecule has 0 saturated carbocycles. The smallest absolute Gasteiger partial charge is 0.256 e. The standard InChI is InChI=1S/C22H22N4O/c1-15-13-20(25-26(15)19-11-5-16(14-23)6-12-19)24-21(27)17-7-9-18(10-8-17)22(2,3)4/h5-13H,1-4H3,(H,24,25,27). The zero-order valence-corrected chi connectivity index (χ0v) is 15.9. The highest BCUT2D eigenvalue weighted by Gasteiger charge is 2.15. The molecule has 2 aromatic carbocycles. The zero-order chi connectivity index (χ0) is 19.6. The van der Waals surface area contributed by atoms with E-state index in [1.807, 2.05) is 49.4 Å². The van der Waals surface area contributed by atoms with Gasteiger partial charge in [0.25, 0.3) is 5.91 Å². The molecule has 0 spiro atoms. The normalized spacial score (nSPS) is 11.1. The molecule has 0 fully saturated rings. The first-order valence-electron chi connectivity index (χ1n) is 8.77. The topological polar surface area (TPSA) is 70.7 Å². The number of anilines is 1. The lowest BCUT2D eigenvalue weighted by Crippen LogP contribution is -2.14.